The number of rotatable bonds is 2. The highest BCUT2D eigenvalue weighted by Crippen LogP contribution is 2.39. The Labute approximate surface area is 158 Å². The van der Waals surface area contributed by atoms with E-state index in [2.05, 4.69) is 20.3 Å². The van der Waals surface area contributed by atoms with Gasteiger partial charge in [-0.05, 0) is 49.6 Å². The summed E-state index contributed by atoms with van der Waals surface area (Å²) in [5.41, 5.74) is 3.25. The second-order valence-corrected chi connectivity index (χ2v) is 7.42. The fourth-order valence-electron chi connectivity index (χ4n) is 4.19. The van der Waals surface area contributed by atoms with E-state index in [0.717, 1.165) is 53.8 Å². The fraction of sp³-hybridized carbons (Fsp3) is 0.350. The zero-order valence-electron chi connectivity index (χ0n) is 15.2. The molecular formula is C20H18F3N5. The largest absolute Gasteiger partial charge is 0.433 e. The molecule has 5 nitrogen and oxygen atoms in total. The monoisotopic (exact) mass is 385 g/mol. The van der Waals surface area contributed by atoms with E-state index in [4.69, 9.17) is 0 Å². The van der Waals surface area contributed by atoms with Gasteiger partial charge in [-0.25, -0.2) is 4.98 Å². The number of hydrogen-bond acceptors (Lipinski definition) is 3. The average Bonchev–Trinajstić information content (AvgIpc) is 3.38. The molecule has 1 fully saturated rings. The number of aryl methyl sites for hydroxylation is 1. The standard InChI is InChI=1S/C20H18F3N5/c1-11-8-12(9-13-10-24-26-17(11)13)19-18-15(6-7-16(25-18)20(21,22)23)27-28(19)14-4-2-3-5-14/h6-10,14H,2-5H2,1H3,(H,24,26). The lowest BCUT2D eigenvalue weighted by Gasteiger charge is -2.15. The van der Waals surface area contributed by atoms with Crippen LogP contribution in [0.15, 0.2) is 30.5 Å². The van der Waals surface area contributed by atoms with Gasteiger partial charge < -0.3 is 0 Å². The molecule has 28 heavy (non-hydrogen) atoms. The summed E-state index contributed by atoms with van der Waals surface area (Å²) in [6.45, 7) is 1.96. The van der Waals surface area contributed by atoms with E-state index in [9.17, 15) is 13.2 Å². The van der Waals surface area contributed by atoms with Gasteiger partial charge >= 0.3 is 6.18 Å². The first-order chi connectivity index (χ1) is 13.4. The van der Waals surface area contributed by atoms with E-state index >= 15 is 0 Å². The molecule has 1 aromatic carbocycles. The molecule has 0 aliphatic heterocycles. The van der Waals surface area contributed by atoms with Gasteiger partial charge in [-0.1, -0.05) is 12.8 Å². The lowest BCUT2D eigenvalue weighted by molar-refractivity contribution is -0.140. The number of halogens is 3. The van der Waals surface area contributed by atoms with Gasteiger partial charge in [0.2, 0.25) is 0 Å². The first-order valence-electron chi connectivity index (χ1n) is 9.32. The number of pyridine rings is 1. The number of fused-ring (bicyclic) bond motifs is 2. The number of hydrogen-bond donors (Lipinski definition) is 1. The molecule has 1 aliphatic rings. The highest BCUT2D eigenvalue weighted by atomic mass is 19.4. The summed E-state index contributed by atoms with van der Waals surface area (Å²) in [6, 6.07) is 6.50. The third kappa shape index (κ3) is 2.66. The van der Waals surface area contributed by atoms with Gasteiger partial charge in [0.15, 0.2) is 0 Å². The summed E-state index contributed by atoms with van der Waals surface area (Å²) in [5, 5.41) is 12.6. The van der Waals surface area contributed by atoms with E-state index in [-0.39, 0.29) is 6.04 Å². The van der Waals surface area contributed by atoms with Crippen LogP contribution in [0, 0.1) is 6.92 Å². The summed E-state index contributed by atoms with van der Waals surface area (Å²) in [7, 11) is 0. The number of nitrogens with one attached hydrogen (secondary N) is 1. The number of nitrogens with zero attached hydrogens (tertiary/aromatic N) is 4. The molecule has 0 radical (unpaired) electrons. The van der Waals surface area contributed by atoms with Crippen molar-refractivity contribution in [1.82, 2.24) is 25.0 Å². The molecule has 1 aliphatic carbocycles. The molecule has 0 unspecified atom stereocenters. The van der Waals surface area contributed by atoms with E-state index in [1.165, 1.54) is 6.07 Å². The van der Waals surface area contributed by atoms with Crippen molar-refractivity contribution in [2.75, 3.05) is 0 Å². The zero-order chi connectivity index (χ0) is 19.5. The number of benzene rings is 1. The molecule has 0 spiro atoms. The summed E-state index contributed by atoms with van der Waals surface area (Å²) in [6.07, 6.45) is 1.37. The van der Waals surface area contributed by atoms with E-state index < -0.39 is 11.9 Å². The van der Waals surface area contributed by atoms with Crippen molar-refractivity contribution in [1.29, 1.82) is 0 Å². The van der Waals surface area contributed by atoms with Crippen molar-refractivity contribution in [2.24, 2.45) is 0 Å². The van der Waals surface area contributed by atoms with E-state index in [0.29, 0.717) is 16.7 Å². The molecule has 3 heterocycles. The van der Waals surface area contributed by atoms with Gasteiger partial charge in [-0.3, -0.25) is 9.78 Å². The van der Waals surface area contributed by atoms with Crippen LogP contribution in [-0.4, -0.2) is 25.0 Å². The predicted molar refractivity (Wildman–Crippen MR) is 99.9 cm³/mol. The minimum Gasteiger partial charge on any atom is -0.278 e. The van der Waals surface area contributed by atoms with Crippen LogP contribution in [0.4, 0.5) is 13.2 Å². The van der Waals surface area contributed by atoms with Gasteiger partial charge in [0.05, 0.1) is 23.4 Å². The summed E-state index contributed by atoms with van der Waals surface area (Å²) < 4.78 is 41.8. The lowest BCUT2D eigenvalue weighted by Crippen LogP contribution is -2.09. The molecule has 0 saturated heterocycles. The Morgan fingerprint density at radius 3 is 2.68 bits per heavy atom. The van der Waals surface area contributed by atoms with Crippen molar-refractivity contribution in [3.05, 3.63) is 41.7 Å². The summed E-state index contributed by atoms with van der Waals surface area (Å²) in [5.74, 6) is 0. The molecule has 1 saturated carbocycles. The maximum absolute atomic E-state index is 13.3. The van der Waals surface area contributed by atoms with Crippen molar-refractivity contribution >= 4 is 21.9 Å². The highest BCUT2D eigenvalue weighted by molar-refractivity contribution is 5.94. The normalized spacial score (nSPS) is 15.9. The van der Waals surface area contributed by atoms with Crippen LogP contribution in [-0.2, 0) is 6.18 Å². The highest BCUT2D eigenvalue weighted by Gasteiger charge is 2.34. The molecule has 3 aromatic heterocycles. The zero-order valence-corrected chi connectivity index (χ0v) is 15.2. The second kappa shape index (κ2) is 6.05. The quantitative estimate of drug-likeness (QED) is 0.501. The van der Waals surface area contributed by atoms with Crippen molar-refractivity contribution < 1.29 is 13.2 Å². The van der Waals surface area contributed by atoms with Crippen LogP contribution >= 0.6 is 0 Å². The number of aromatic amines is 1. The Kier molecular flexibility index (Phi) is 3.72. The maximum Gasteiger partial charge on any atom is 0.433 e. The number of alkyl halides is 3. The van der Waals surface area contributed by atoms with Crippen LogP contribution in [0.1, 0.15) is 43.0 Å². The Morgan fingerprint density at radius 1 is 1.14 bits per heavy atom. The third-order valence-electron chi connectivity index (χ3n) is 5.52. The molecule has 0 atom stereocenters. The first-order valence-corrected chi connectivity index (χ1v) is 9.32. The molecule has 144 valence electrons. The second-order valence-electron chi connectivity index (χ2n) is 7.42. The van der Waals surface area contributed by atoms with E-state index in [1.54, 1.807) is 6.20 Å². The molecule has 0 bridgehead atoms. The predicted octanol–water partition coefficient (Wildman–Crippen LogP) is 5.42. The topological polar surface area (TPSA) is 59.4 Å². The van der Waals surface area contributed by atoms with Crippen molar-refractivity contribution in [3.8, 4) is 11.3 Å². The number of H-pyrrole nitrogens is 1. The Bertz CT molecular complexity index is 1180. The van der Waals surface area contributed by atoms with Crippen LogP contribution in [0.25, 0.3) is 33.2 Å². The molecule has 5 rings (SSSR count). The van der Waals surface area contributed by atoms with Gasteiger partial charge in [0, 0.05) is 10.9 Å². The molecule has 0 amide bonds. The Morgan fingerprint density at radius 2 is 1.93 bits per heavy atom. The summed E-state index contributed by atoms with van der Waals surface area (Å²) >= 11 is 0. The molecule has 8 heteroatoms. The minimum atomic E-state index is -4.49. The van der Waals surface area contributed by atoms with Gasteiger partial charge in [-0.15, -0.1) is 0 Å². The number of aromatic nitrogens is 5. The van der Waals surface area contributed by atoms with E-state index in [1.807, 2.05) is 23.7 Å². The van der Waals surface area contributed by atoms with Crippen LogP contribution in [0.5, 0.6) is 0 Å². The minimum absolute atomic E-state index is 0.180. The molecule has 1 N–H and O–H groups in total. The maximum atomic E-state index is 13.3. The smallest absolute Gasteiger partial charge is 0.278 e. The van der Waals surface area contributed by atoms with Crippen LogP contribution in [0.3, 0.4) is 0 Å². The molecule has 4 aromatic rings. The fourth-order valence-corrected chi connectivity index (χ4v) is 4.19. The SMILES string of the molecule is Cc1cc(-c2c3nc(C(F)(F)F)ccc3nn2C2CCCC2)cc2cn[nH]c12. The van der Waals surface area contributed by atoms with Gasteiger partial charge in [-0.2, -0.15) is 23.4 Å². The third-order valence-corrected chi connectivity index (χ3v) is 5.52. The summed E-state index contributed by atoms with van der Waals surface area (Å²) in [4.78, 5) is 3.98. The van der Waals surface area contributed by atoms with Crippen molar-refractivity contribution in [3.63, 3.8) is 0 Å². The first kappa shape index (κ1) is 17.2. The Hall–Kier alpha value is -2.90. The molecular weight excluding hydrogens is 367 g/mol. The Balaban J connectivity index is 1.81. The van der Waals surface area contributed by atoms with Crippen LogP contribution in [0.2, 0.25) is 0 Å². The average molecular weight is 385 g/mol. The van der Waals surface area contributed by atoms with Crippen LogP contribution < -0.4 is 0 Å². The van der Waals surface area contributed by atoms with Gasteiger partial charge in [0.25, 0.3) is 0 Å². The van der Waals surface area contributed by atoms with Crippen molar-refractivity contribution in [2.45, 2.75) is 44.8 Å². The lowest BCUT2D eigenvalue weighted by atomic mass is 10.0. The van der Waals surface area contributed by atoms with Gasteiger partial charge in [0.1, 0.15) is 16.7 Å².